The van der Waals surface area contributed by atoms with Crippen LogP contribution in [-0.4, -0.2) is 34.4 Å². The predicted molar refractivity (Wildman–Crippen MR) is 118 cm³/mol. The molecule has 1 aromatic carbocycles. The van der Waals surface area contributed by atoms with Gasteiger partial charge in [0, 0.05) is 42.5 Å². The van der Waals surface area contributed by atoms with Gasteiger partial charge in [0.05, 0.1) is 6.61 Å². The lowest BCUT2D eigenvalue weighted by Gasteiger charge is -2.31. The van der Waals surface area contributed by atoms with Gasteiger partial charge in [0.2, 0.25) is 11.8 Å². The lowest BCUT2D eigenvalue weighted by molar-refractivity contribution is -0.131. The van der Waals surface area contributed by atoms with Crippen molar-refractivity contribution >= 4 is 11.5 Å². The molecule has 10 heteroatoms. The van der Waals surface area contributed by atoms with Crippen LogP contribution in [0, 0.1) is 0 Å². The summed E-state index contributed by atoms with van der Waals surface area (Å²) >= 11 is 0. The summed E-state index contributed by atoms with van der Waals surface area (Å²) < 4.78 is 42.8. The Bertz CT molecular complexity index is 1070. The van der Waals surface area contributed by atoms with E-state index in [1.165, 1.54) is 18.2 Å². The molecule has 174 valence electrons. The second kappa shape index (κ2) is 9.95. The fraction of sp³-hybridized carbons (Fsp3) is 0.348. The minimum absolute atomic E-state index is 0.0372. The van der Waals surface area contributed by atoms with Crippen molar-refractivity contribution in [1.82, 2.24) is 15.2 Å². The number of ether oxygens (including phenoxy) is 2. The van der Waals surface area contributed by atoms with Gasteiger partial charge >= 0.3 is 6.11 Å². The minimum Gasteiger partial charge on any atom is -0.429 e. The number of nitrogens with two attached hydrogens (primary N) is 1. The highest BCUT2D eigenvalue weighted by Crippen LogP contribution is 2.29. The van der Waals surface area contributed by atoms with Gasteiger partial charge in [0.25, 0.3) is 0 Å². The number of hydrogen-bond donors (Lipinski definition) is 1. The predicted octanol–water partition coefficient (Wildman–Crippen LogP) is 4.31. The number of halogens is 2. The van der Waals surface area contributed by atoms with Crippen LogP contribution in [0.5, 0.6) is 5.75 Å². The first-order valence-corrected chi connectivity index (χ1v) is 10.6. The molecule has 0 spiro atoms. The molecule has 0 unspecified atom stereocenters. The Morgan fingerprint density at radius 1 is 1.18 bits per heavy atom. The third-order valence-corrected chi connectivity index (χ3v) is 5.39. The fourth-order valence-corrected chi connectivity index (χ4v) is 3.60. The van der Waals surface area contributed by atoms with E-state index in [0.717, 1.165) is 31.7 Å². The highest BCUT2D eigenvalue weighted by atomic mass is 19.3. The molecule has 0 atom stereocenters. The summed E-state index contributed by atoms with van der Waals surface area (Å²) in [6.07, 6.45) is 0.520. The van der Waals surface area contributed by atoms with Crippen LogP contribution in [-0.2, 0) is 18.0 Å². The van der Waals surface area contributed by atoms with Gasteiger partial charge in [-0.15, -0.1) is 10.2 Å². The second-order valence-corrected chi connectivity index (χ2v) is 7.70. The van der Waals surface area contributed by atoms with Gasteiger partial charge in [-0.2, -0.15) is 8.78 Å². The van der Waals surface area contributed by atoms with Crippen LogP contribution in [0.15, 0.2) is 59.7 Å². The van der Waals surface area contributed by atoms with Crippen LogP contribution in [0.3, 0.4) is 0 Å². The van der Waals surface area contributed by atoms with Crippen molar-refractivity contribution in [1.29, 1.82) is 0 Å². The number of rotatable bonds is 9. The number of nitrogens with zero attached hydrogens (tertiary/aromatic N) is 4. The van der Waals surface area contributed by atoms with Gasteiger partial charge < -0.3 is 24.5 Å². The smallest absolute Gasteiger partial charge is 0.419 e. The summed E-state index contributed by atoms with van der Waals surface area (Å²) in [5.74, 6) is 2.06. The lowest BCUT2D eigenvalue weighted by atomic mass is 9.97. The van der Waals surface area contributed by atoms with Crippen molar-refractivity contribution in [2.45, 2.75) is 38.1 Å². The van der Waals surface area contributed by atoms with E-state index < -0.39 is 6.11 Å². The zero-order chi connectivity index (χ0) is 23.3. The van der Waals surface area contributed by atoms with E-state index in [-0.39, 0.29) is 24.9 Å². The molecule has 3 aromatic rings. The molecule has 4 rings (SSSR count). The van der Waals surface area contributed by atoms with Crippen LogP contribution in [0.4, 0.5) is 20.3 Å². The molecule has 33 heavy (non-hydrogen) atoms. The molecule has 8 nitrogen and oxygen atoms in total. The zero-order valence-electron chi connectivity index (χ0n) is 18.0. The first-order chi connectivity index (χ1) is 15.9. The quantitative estimate of drug-likeness (QED) is 0.375. The van der Waals surface area contributed by atoms with E-state index in [4.69, 9.17) is 14.9 Å². The van der Waals surface area contributed by atoms with Crippen LogP contribution in [0.25, 0.3) is 0 Å². The normalized spacial score (nSPS) is 14.9. The first kappa shape index (κ1) is 22.7. The summed E-state index contributed by atoms with van der Waals surface area (Å²) in [6, 6.07) is 10.1. The summed E-state index contributed by atoms with van der Waals surface area (Å²) in [6.45, 7) is 4.92. The largest absolute Gasteiger partial charge is 0.429 e. The van der Waals surface area contributed by atoms with Crippen molar-refractivity contribution in [3.8, 4) is 5.75 Å². The summed E-state index contributed by atoms with van der Waals surface area (Å²) in [5, 5.41) is 8.24. The van der Waals surface area contributed by atoms with Crippen molar-refractivity contribution in [3.63, 3.8) is 0 Å². The Hall–Kier alpha value is -3.53. The molecule has 1 aliphatic rings. The number of piperidine rings is 1. The zero-order valence-corrected chi connectivity index (χ0v) is 18.0. The van der Waals surface area contributed by atoms with E-state index in [9.17, 15) is 8.78 Å². The second-order valence-electron chi connectivity index (χ2n) is 7.70. The molecular formula is C23H25F2N5O3. The van der Waals surface area contributed by atoms with Crippen molar-refractivity contribution in [2.24, 2.45) is 0 Å². The van der Waals surface area contributed by atoms with E-state index in [0.29, 0.717) is 29.1 Å². The lowest BCUT2D eigenvalue weighted by Crippen LogP contribution is -2.33. The molecule has 1 aliphatic heterocycles. The summed E-state index contributed by atoms with van der Waals surface area (Å²) in [4.78, 5) is 6.64. The third kappa shape index (κ3) is 5.83. The van der Waals surface area contributed by atoms with E-state index >= 15 is 0 Å². The van der Waals surface area contributed by atoms with Gasteiger partial charge in [-0.25, -0.2) is 4.98 Å². The average molecular weight is 457 g/mol. The molecule has 1 fully saturated rings. The Labute approximate surface area is 190 Å². The maximum Gasteiger partial charge on any atom is 0.419 e. The minimum atomic E-state index is -3.47. The molecule has 2 N–H and O–H groups in total. The molecule has 3 heterocycles. The maximum absolute atomic E-state index is 13.4. The maximum atomic E-state index is 13.4. The Morgan fingerprint density at radius 2 is 2.00 bits per heavy atom. The highest BCUT2D eigenvalue weighted by Gasteiger charge is 2.27. The molecule has 0 aliphatic carbocycles. The number of hydrogen-bond acceptors (Lipinski definition) is 8. The van der Waals surface area contributed by atoms with Gasteiger partial charge in [-0.3, -0.25) is 0 Å². The summed E-state index contributed by atoms with van der Waals surface area (Å²) in [5.41, 5.74) is 6.82. The molecule has 0 bridgehead atoms. The standard InChI is InChI=1S/C23H25F2N5O3/c1-2-23(24,25)33-18-6-7-19(26)17(13-18)14-31-15-21-28-29-22(32-21)16-8-11-30(12-9-16)20-5-3-4-10-27-20/h2-7,10,13,16H,1,8-9,11-12,14-15,26H2. The number of aromatic nitrogens is 3. The van der Waals surface area contributed by atoms with Gasteiger partial charge in [0.1, 0.15) is 18.2 Å². The van der Waals surface area contributed by atoms with Crippen LogP contribution in [0.1, 0.15) is 36.1 Å². The van der Waals surface area contributed by atoms with Crippen LogP contribution in [0.2, 0.25) is 0 Å². The SMILES string of the molecule is C=CC(F)(F)Oc1ccc(N)c(COCc2nnc(C3CCN(c4ccccn4)CC3)o2)c1. The molecule has 2 aromatic heterocycles. The van der Waals surface area contributed by atoms with Crippen LogP contribution < -0.4 is 15.4 Å². The number of pyridine rings is 1. The van der Waals surface area contributed by atoms with Crippen molar-refractivity contribution in [2.75, 3.05) is 23.7 Å². The number of nitrogen functional groups attached to an aromatic ring is 1. The van der Waals surface area contributed by atoms with E-state index in [1.807, 2.05) is 18.2 Å². The van der Waals surface area contributed by atoms with Gasteiger partial charge in [-0.05, 0) is 43.2 Å². The average Bonchev–Trinajstić information content (AvgIpc) is 3.30. The fourth-order valence-electron chi connectivity index (χ4n) is 3.60. The van der Waals surface area contributed by atoms with E-state index in [2.05, 4.69) is 31.4 Å². The number of alkyl halides is 2. The van der Waals surface area contributed by atoms with Crippen LogP contribution >= 0.6 is 0 Å². The van der Waals surface area contributed by atoms with Crippen molar-refractivity contribution in [3.05, 3.63) is 72.6 Å². The Morgan fingerprint density at radius 3 is 2.73 bits per heavy atom. The molecule has 1 saturated heterocycles. The van der Waals surface area contributed by atoms with Gasteiger partial charge in [-0.1, -0.05) is 12.6 Å². The third-order valence-electron chi connectivity index (χ3n) is 5.39. The molecule has 0 amide bonds. The first-order valence-electron chi connectivity index (χ1n) is 10.6. The summed E-state index contributed by atoms with van der Waals surface area (Å²) in [7, 11) is 0. The number of anilines is 2. The molecule has 0 radical (unpaired) electrons. The van der Waals surface area contributed by atoms with E-state index in [1.54, 1.807) is 6.20 Å². The Balaban J connectivity index is 1.28. The monoisotopic (exact) mass is 457 g/mol. The highest BCUT2D eigenvalue weighted by molar-refractivity contribution is 5.50. The van der Waals surface area contributed by atoms with Crippen molar-refractivity contribution < 1.29 is 22.7 Å². The topological polar surface area (TPSA) is 99.5 Å². The Kier molecular flexibility index (Phi) is 6.83. The molecular weight excluding hydrogens is 432 g/mol. The molecule has 0 saturated carbocycles. The number of benzene rings is 1. The van der Waals surface area contributed by atoms with Gasteiger partial charge in [0.15, 0.2) is 0 Å².